The van der Waals surface area contributed by atoms with E-state index in [0.717, 1.165) is 0 Å². The van der Waals surface area contributed by atoms with E-state index in [2.05, 4.69) is 0 Å². The topological polar surface area (TPSA) is 78.6 Å². The molecule has 0 bridgehead atoms. The number of ketones is 1. The first-order valence-corrected chi connectivity index (χ1v) is 6.72. The molecule has 0 aromatic heterocycles. The van der Waals surface area contributed by atoms with Crippen LogP contribution in [0.3, 0.4) is 0 Å². The summed E-state index contributed by atoms with van der Waals surface area (Å²) in [5, 5.41) is 0. The molecule has 0 spiro atoms. The summed E-state index contributed by atoms with van der Waals surface area (Å²) in [6, 6.07) is 11.9. The van der Waals surface area contributed by atoms with E-state index in [1.807, 2.05) is 6.07 Å². The molecule has 2 aromatic carbocycles. The summed E-state index contributed by atoms with van der Waals surface area (Å²) in [5.74, 6) is 0.0212. The van der Waals surface area contributed by atoms with Gasteiger partial charge in [0.25, 0.3) is 0 Å². The zero-order valence-corrected chi connectivity index (χ0v) is 12.5. The Morgan fingerprint density at radius 3 is 2.45 bits per heavy atom. The van der Waals surface area contributed by atoms with Gasteiger partial charge in [-0.1, -0.05) is 18.2 Å². The van der Waals surface area contributed by atoms with Crippen molar-refractivity contribution in [1.82, 2.24) is 0 Å². The van der Waals surface area contributed by atoms with Crippen LogP contribution in [-0.2, 0) is 11.3 Å². The molecule has 0 aliphatic rings. The van der Waals surface area contributed by atoms with E-state index >= 15 is 0 Å². The molecular formula is C17H17NO4. The molecule has 2 aromatic rings. The largest absolute Gasteiger partial charge is 0.489 e. The number of carbonyl (C=O) groups is 2. The Morgan fingerprint density at radius 1 is 1.09 bits per heavy atom. The number of nitrogen functional groups attached to an aromatic ring is 1. The summed E-state index contributed by atoms with van der Waals surface area (Å²) in [6.45, 7) is 1.66. The lowest BCUT2D eigenvalue weighted by Gasteiger charge is -2.11. The van der Waals surface area contributed by atoms with E-state index in [0.29, 0.717) is 28.1 Å². The minimum Gasteiger partial charge on any atom is -0.489 e. The Kier molecular flexibility index (Phi) is 4.78. The molecule has 114 valence electrons. The second-order valence-corrected chi connectivity index (χ2v) is 4.74. The lowest BCUT2D eigenvalue weighted by Crippen LogP contribution is -2.08. The van der Waals surface area contributed by atoms with Gasteiger partial charge in [0.05, 0.1) is 12.7 Å². The molecule has 5 nitrogen and oxygen atoms in total. The van der Waals surface area contributed by atoms with Gasteiger partial charge in [0.1, 0.15) is 12.4 Å². The highest BCUT2D eigenvalue weighted by Crippen LogP contribution is 2.22. The van der Waals surface area contributed by atoms with E-state index in [4.69, 9.17) is 15.2 Å². The number of benzene rings is 2. The van der Waals surface area contributed by atoms with Crippen LogP contribution in [0.25, 0.3) is 0 Å². The molecule has 0 saturated heterocycles. The van der Waals surface area contributed by atoms with Crippen molar-refractivity contribution in [1.29, 1.82) is 0 Å². The number of carbonyl (C=O) groups excluding carboxylic acids is 2. The standard InChI is InChI=1S/C17H17NO4/c1-11(19)14-8-7-13(9-16(14)18)22-10-12-5-3-4-6-15(12)17(20)21-2/h3-9H,10,18H2,1-2H3. The number of hydrogen-bond donors (Lipinski definition) is 1. The Balaban J connectivity index is 2.16. The maximum atomic E-state index is 11.7. The van der Waals surface area contributed by atoms with Crippen LogP contribution in [-0.4, -0.2) is 18.9 Å². The Hall–Kier alpha value is -2.82. The number of hydrogen-bond acceptors (Lipinski definition) is 5. The predicted molar refractivity (Wildman–Crippen MR) is 83.0 cm³/mol. The first kappa shape index (κ1) is 15.6. The van der Waals surface area contributed by atoms with E-state index < -0.39 is 5.97 Å². The summed E-state index contributed by atoms with van der Waals surface area (Å²) in [5.41, 5.74) is 7.81. The molecular weight excluding hydrogens is 282 g/mol. The van der Waals surface area contributed by atoms with Crippen LogP contribution in [0.2, 0.25) is 0 Å². The van der Waals surface area contributed by atoms with Crippen LogP contribution >= 0.6 is 0 Å². The minimum atomic E-state index is -0.411. The molecule has 0 atom stereocenters. The number of ether oxygens (including phenoxy) is 2. The third-order valence-corrected chi connectivity index (χ3v) is 3.22. The molecule has 0 aliphatic carbocycles. The summed E-state index contributed by atoms with van der Waals surface area (Å²) >= 11 is 0. The van der Waals surface area contributed by atoms with Crippen LogP contribution in [0.4, 0.5) is 5.69 Å². The molecule has 5 heteroatoms. The van der Waals surface area contributed by atoms with Gasteiger partial charge in [0.2, 0.25) is 0 Å². The zero-order valence-electron chi connectivity index (χ0n) is 12.5. The Bertz CT molecular complexity index is 710. The molecule has 2 N–H and O–H groups in total. The number of methoxy groups -OCH3 is 1. The molecule has 0 heterocycles. The smallest absolute Gasteiger partial charge is 0.338 e. The quantitative estimate of drug-likeness (QED) is 0.522. The van der Waals surface area contributed by atoms with Gasteiger partial charge < -0.3 is 15.2 Å². The molecule has 22 heavy (non-hydrogen) atoms. The maximum Gasteiger partial charge on any atom is 0.338 e. The number of rotatable bonds is 5. The maximum absolute atomic E-state index is 11.7. The lowest BCUT2D eigenvalue weighted by atomic mass is 10.1. The second kappa shape index (κ2) is 6.76. The normalized spacial score (nSPS) is 10.1. The first-order valence-electron chi connectivity index (χ1n) is 6.72. The van der Waals surface area contributed by atoms with Gasteiger partial charge in [-0.15, -0.1) is 0 Å². The summed E-state index contributed by atoms with van der Waals surface area (Å²) in [6.07, 6.45) is 0. The molecule has 0 unspecified atom stereocenters. The van der Waals surface area contributed by atoms with Crippen molar-refractivity contribution in [2.75, 3.05) is 12.8 Å². The predicted octanol–water partition coefficient (Wildman–Crippen LogP) is 2.84. The third kappa shape index (κ3) is 3.44. The summed E-state index contributed by atoms with van der Waals surface area (Å²) in [7, 11) is 1.33. The number of nitrogens with two attached hydrogens (primary N) is 1. The molecule has 0 aliphatic heterocycles. The fraction of sp³-hybridized carbons (Fsp3) is 0.176. The Labute approximate surface area is 128 Å². The number of anilines is 1. The van der Waals surface area contributed by atoms with Crippen molar-refractivity contribution in [3.8, 4) is 5.75 Å². The van der Waals surface area contributed by atoms with E-state index in [9.17, 15) is 9.59 Å². The van der Waals surface area contributed by atoms with E-state index in [-0.39, 0.29) is 12.4 Å². The monoisotopic (exact) mass is 299 g/mol. The first-order chi connectivity index (χ1) is 10.5. The van der Waals surface area contributed by atoms with Crippen molar-refractivity contribution >= 4 is 17.4 Å². The molecule has 0 saturated carbocycles. The summed E-state index contributed by atoms with van der Waals surface area (Å²) in [4.78, 5) is 23.0. The van der Waals surface area contributed by atoms with Gasteiger partial charge >= 0.3 is 5.97 Å². The van der Waals surface area contributed by atoms with E-state index in [1.54, 1.807) is 36.4 Å². The van der Waals surface area contributed by atoms with Gasteiger partial charge in [0.15, 0.2) is 5.78 Å². The Morgan fingerprint density at radius 2 is 1.82 bits per heavy atom. The fourth-order valence-electron chi connectivity index (χ4n) is 2.07. The highest BCUT2D eigenvalue weighted by molar-refractivity contribution is 5.99. The second-order valence-electron chi connectivity index (χ2n) is 4.74. The highest BCUT2D eigenvalue weighted by Gasteiger charge is 2.12. The zero-order chi connectivity index (χ0) is 16.1. The van der Waals surface area contributed by atoms with Crippen LogP contribution in [0.5, 0.6) is 5.75 Å². The molecule has 0 radical (unpaired) electrons. The highest BCUT2D eigenvalue weighted by atomic mass is 16.5. The summed E-state index contributed by atoms with van der Waals surface area (Å²) < 4.78 is 10.4. The van der Waals surface area contributed by atoms with E-state index in [1.165, 1.54) is 14.0 Å². The van der Waals surface area contributed by atoms with Gasteiger partial charge in [0, 0.05) is 22.9 Å². The van der Waals surface area contributed by atoms with Crippen molar-refractivity contribution in [3.63, 3.8) is 0 Å². The molecule has 0 amide bonds. The fourth-order valence-corrected chi connectivity index (χ4v) is 2.07. The lowest BCUT2D eigenvalue weighted by molar-refractivity contribution is 0.0597. The van der Waals surface area contributed by atoms with Crippen LogP contribution < -0.4 is 10.5 Å². The van der Waals surface area contributed by atoms with Gasteiger partial charge in [-0.05, 0) is 25.1 Å². The van der Waals surface area contributed by atoms with Crippen molar-refractivity contribution in [3.05, 3.63) is 59.2 Å². The third-order valence-electron chi connectivity index (χ3n) is 3.22. The minimum absolute atomic E-state index is 0.0971. The number of esters is 1. The number of Topliss-reactive ketones (excluding diaryl/α,β-unsaturated/α-hetero) is 1. The van der Waals surface area contributed by atoms with Crippen LogP contribution in [0, 0.1) is 0 Å². The van der Waals surface area contributed by atoms with Gasteiger partial charge in [-0.2, -0.15) is 0 Å². The molecule has 2 rings (SSSR count). The van der Waals surface area contributed by atoms with Crippen molar-refractivity contribution in [2.24, 2.45) is 0 Å². The molecule has 0 fully saturated rings. The van der Waals surface area contributed by atoms with Gasteiger partial charge in [-0.3, -0.25) is 4.79 Å². The average molecular weight is 299 g/mol. The SMILES string of the molecule is COC(=O)c1ccccc1COc1ccc(C(C)=O)c(N)c1. The van der Waals surface area contributed by atoms with Crippen molar-refractivity contribution < 1.29 is 19.1 Å². The van der Waals surface area contributed by atoms with Crippen molar-refractivity contribution in [2.45, 2.75) is 13.5 Å². The average Bonchev–Trinajstić information content (AvgIpc) is 2.52. The van der Waals surface area contributed by atoms with Crippen LogP contribution in [0.1, 0.15) is 33.2 Å². The van der Waals surface area contributed by atoms with Crippen LogP contribution in [0.15, 0.2) is 42.5 Å². The van der Waals surface area contributed by atoms with Gasteiger partial charge in [-0.25, -0.2) is 4.79 Å².